The summed E-state index contributed by atoms with van der Waals surface area (Å²) in [7, 11) is -3.56. The minimum atomic E-state index is -3.56. The number of nitrogens with one attached hydrogen (secondary N) is 1. The molecule has 4 nitrogen and oxygen atoms in total. The third kappa shape index (κ3) is 1.46. The summed E-state index contributed by atoms with van der Waals surface area (Å²) in [6, 6.07) is 7.12. The van der Waals surface area contributed by atoms with E-state index >= 15 is 0 Å². The van der Waals surface area contributed by atoms with Crippen molar-refractivity contribution in [2.75, 3.05) is 6.54 Å². The molecule has 76 valence electrons. The molecule has 0 aliphatic carbocycles. The molecule has 0 fully saturated rings. The highest BCUT2D eigenvalue weighted by atomic mass is 31.2. The van der Waals surface area contributed by atoms with Crippen molar-refractivity contribution in [2.24, 2.45) is 0 Å². The van der Waals surface area contributed by atoms with Gasteiger partial charge in [0.2, 0.25) is 0 Å². The zero-order valence-electron chi connectivity index (χ0n) is 7.80. The van der Waals surface area contributed by atoms with Gasteiger partial charge in [0.1, 0.15) is 5.75 Å². The molecule has 1 aromatic rings. The number of rotatable bonds is 2. The summed E-state index contributed by atoms with van der Waals surface area (Å²) in [4.78, 5) is 9.58. The molecule has 1 aromatic carbocycles. The molecule has 0 spiro atoms. The van der Waals surface area contributed by atoms with E-state index in [1.807, 2.05) is 13.0 Å². The van der Waals surface area contributed by atoms with E-state index in [9.17, 15) is 9.46 Å². The second kappa shape index (κ2) is 3.39. The Morgan fingerprint density at radius 2 is 2.29 bits per heavy atom. The van der Waals surface area contributed by atoms with Gasteiger partial charge in [-0.05, 0) is 12.6 Å². The Balaban J connectivity index is 2.43. The zero-order valence-corrected chi connectivity index (χ0v) is 8.70. The Kier molecular flexibility index (Phi) is 2.35. The van der Waals surface area contributed by atoms with E-state index in [2.05, 4.69) is 5.32 Å². The number of fused-ring (bicyclic) bond motifs is 1. The summed E-state index contributed by atoms with van der Waals surface area (Å²) in [5, 5.41) is 2.95. The summed E-state index contributed by atoms with van der Waals surface area (Å²) < 4.78 is 16.7. The molecule has 0 radical (unpaired) electrons. The summed E-state index contributed by atoms with van der Waals surface area (Å²) in [5.41, 5.74) is 0.764. The molecule has 2 rings (SSSR count). The van der Waals surface area contributed by atoms with Crippen LogP contribution in [0.4, 0.5) is 0 Å². The van der Waals surface area contributed by atoms with Crippen molar-refractivity contribution >= 4 is 7.60 Å². The summed E-state index contributed by atoms with van der Waals surface area (Å²) >= 11 is 0. The summed E-state index contributed by atoms with van der Waals surface area (Å²) in [5.74, 6) is -0.0759. The first-order valence-corrected chi connectivity index (χ1v) is 6.14. The Bertz CT molecular complexity index is 393. The van der Waals surface area contributed by atoms with Gasteiger partial charge in [-0.3, -0.25) is 5.32 Å². The molecule has 0 bridgehead atoms. The Labute approximate surface area is 82.4 Å². The lowest BCUT2D eigenvalue weighted by molar-refractivity contribution is 0.376. The monoisotopic (exact) mass is 213 g/mol. The number of benzene rings is 1. The maximum absolute atomic E-state index is 11.7. The minimum Gasteiger partial charge on any atom is -0.423 e. The van der Waals surface area contributed by atoms with Crippen molar-refractivity contribution in [3.8, 4) is 5.75 Å². The number of para-hydroxylation sites is 1. The van der Waals surface area contributed by atoms with Crippen LogP contribution in [0.3, 0.4) is 0 Å². The maximum atomic E-state index is 11.7. The Morgan fingerprint density at radius 3 is 3.00 bits per heavy atom. The van der Waals surface area contributed by atoms with Crippen LogP contribution in [0.2, 0.25) is 0 Å². The maximum Gasteiger partial charge on any atom is 0.398 e. The molecule has 2 atom stereocenters. The lowest BCUT2D eigenvalue weighted by atomic mass is 10.2. The van der Waals surface area contributed by atoms with Crippen molar-refractivity contribution in [1.82, 2.24) is 5.32 Å². The SMILES string of the molecule is CCNC1c2ccccc2OP1(=O)O. The van der Waals surface area contributed by atoms with E-state index < -0.39 is 13.4 Å². The Hall–Kier alpha value is -0.830. The molecule has 5 heteroatoms. The van der Waals surface area contributed by atoms with E-state index in [1.54, 1.807) is 18.2 Å². The smallest absolute Gasteiger partial charge is 0.398 e. The van der Waals surface area contributed by atoms with Crippen LogP contribution in [-0.2, 0) is 4.57 Å². The van der Waals surface area contributed by atoms with Crippen LogP contribution in [-0.4, -0.2) is 11.4 Å². The van der Waals surface area contributed by atoms with Crippen LogP contribution in [0.25, 0.3) is 0 Å². The Morgan fingerprint density at radius 1 is 1.57 bits per heavy atom. The van der Waals surface area contributed by atoms with Crippen molar-refractivity contribution in [1.29, 1.82) is 0 Å². The molecule has 1 aliphatic heterocycles. The molecular weight excluding hydrogens is 201 g/mol. The molecule has 0 aromatic heterocycles. The highest BCUT2D eigenvalue weighted by Gasteiger charge is 2.42. The van der Waals surface area contributed by atoms with Crippen LogP contribution in [0.1, 0.15) is 18.3 Å². The van der Waals surface area contributed by atoms with Crippen LogP contribution < -0.4 is 9.84 Å². The fraction of sp³-hybridized carbons (Fsp3) is 0.333. The first kappa shape index (κ1) is 9.71. The van der Waals surface area contributed by atoms with Gasteiger partial charge in [0.25, 0.3) is 0 Å². The molecule has 0 saturated heterocycles. The van der Waals surface area contributed by atoms with Gasteiger partial charge in [-0.1, -0.05) is 25.1 Å². The topological polar surface area (TPSA) is 58.6 Å². The third-order valence-corrected chi connectivity index (χ3v) is 3.74. The minimum absolute atomic E-state index is 0.504. The van der Waals surface area contributed by atoms with Gasteiger partial charge in [0.15, 0.2) is 5.78 Å². The van der Waals surface area contributed by atoms with Crippen LogP contribution in [0.15, 0.2) is 24.3 Å². The first-order valence-electron chi connectivity index (χ1n) is 4.49. The average molecular weight is 213 g/mol. The fourth-order valence-corrected chi connectivity index (χ4v) is 3.11. The van der Waals surface area contributed by atoms with Crippen LogP contribution in [0, 0.1) is 0 Å². The average Bonchev–Trinajstić information content (AvgIpc) is 2.39. The lowest BCUT2D eigenvalue weighted by Crippen LogP contribution is -2.18. The van der Waals surface area contributed by atoms with Gasteiger partial charge in [-0.2, -0.15) is 0 Å². The fourth-order valence-electron chi connectivity index (χ4n) is 1.58. The van der Waals surface area contributed by atoms with Crippen molar-refractivity contribution in [2.45, 2.75) is 12.7 Å². The molecule has 1 heterocycles. The van der Waals surface area contributed by atoms with Crippen molar-refractivity contribution < 1.29 is 14.0 Å². The quantitative estimate of drug-likeness (QED) is 0.736. The predicted molar refractivity (Wildman–Crippen MR) is 53.3 cm³/mol. The first-order chi connectivity index (χ1) is 6.65. The molecule has 0 amide bonds. The van der Waals surface area contributed by atoms with Gasteiger partial charge in [-0.25, -0.2) is 4.57 Å². The largest absolute Gasteiger partial charge is 0.423 e. The lowest BCUT2D eigenvalue weighted by Gasteiger charge is -2.13. The van der Waals surface area contributed by atoms with Gasteiger partial charge < -0.3 is 9.42 Å². The standard InChI is InChI=1S/C9H12NO3P/c1-2-10-9-7-5-3-4-6-8(7)13-14(9,11)12/h3-6,9-10H,2H2,1H3,(H,11,12). The number of hydrogen-bond donors (Lipinski definition) is 2. The molecule has 1 aliphatic rings. The molecule has 0 saturated carbocycles. The van der Waals surface area contributed by atoms with Gasteiger partial charge in [0.05, 0.1) is 0 Å². The van der Waals surface area contributed by atoms with Crippen molar-refractivity contribution in [3.63, 3.8) is 0 Å². The molecule has 2 unspecified atom stereocenters. The van der Waals surface area contributed by atoms with Gasteiger partial charge >= 0.3 is 7.60 Å². The highest BCUT2D eigenvalue weighted by Crippen LogP contribution is 2.62. The molecule has 2 N–H and O–H groups in total. The second-order valence-corrected chi connectivity index (χ2v) is 4.98. The highest BCUT2D eigenvalue weighted by molar-refractivity contribution is 7.54. The van der Waals surface area contributed by atoms with Gasteiger partial charge in [-0.15, -0.1) is 0 Å². The third-order valence-electron chi connectivity index (χ3n) is 2.17. The molecule has 14 heavy (non-hydrogen) atoms. The second-order valence-electron chi connectivity index (χ2n) is 3.15. The zero-order chi connectivity index (χ0) is 10.2. The van der Waals surface area contributed by atoms with Crippen molar-refractivity contribution in [3.05, 3.63) is 29.8 Å². The van der Waals surface area contributed by atoms with E-state index in [1.165, 1.54) is 0 Å². The van der Waals surface area contributed by atoms with Crippen LogP contribution in [0.5, 0.6) is 5.75 Å². The van der Waals surface area contributed by atoms with E-state index in [4.69, 9.17) is 4.52 Å². The van der Waals surface area contributed by atoms with E-state index in [0.717, 1.165) is 5.56 Å². The summed E-state index contributed by atoms with van der Waals surface area (Å²) in [6.45, 7) is 2.52. The normalized spacial score (nSPS) is 29.7. The number of hydrogen-bond acceptors (Lipinski definition) is 3. The van der Waals surface area contributed by atoms with Gasteiger partial charge in [0, 0.05) is 5.56 Å². The van der Waals surface area contributed by atoms with E-state index in [0.29, 0.717) is 12.3 Å². The van der Waals surface area contributed by atoms with E-state index in [-0.39, 0.29) is 0 Å². The molecular formula is C9H12NO3P. The predicted octanol–water partition coefficient (Wildman–Crippen LogP) is 1.87. The van der Waals surface area contributed by atoms with Crippen LogP contribution >= 0.6 is 7.60 Å². The summed E-state index contributed by atoms with van der Waals surface area (Å²) in [6.07, 6.45) is 0.